The summed E-state index contributed by atoms with van der Waals surface area (Å²) in [4.78, 5) is 11.3. The van der Waals surface area contributed by atoms with E-state index in [1.165, 1.54) is 0 Å². The highest BCUT2D eigenvalue weighted by Gasteiger charge is 2.14. The first-order valence-electron chi connectivity index (χ1n) is 7.14. The van der Waals surface area contributed by atoms with E-state index in [0.29, 0.717) is 0 Å². The van der Waals surface area contributed by atoms with Crippen LogP contribution in [0.4, 0.5) is 5.82 Å². The third-order valence-corrected chi connectivity index (χ3v) is 3.76. The first-order chi connectivity index (χ1) is 10.4. The summed E-state index contributed by atoms with van der Waals surface area (Å²) in [5.74, 6) is 1.01. The van der Waals surface area contributed by atoms with Crippen LogP contribution in [-0.2, 0) is 0 Å². The molecule has 2 N–H and O–H groups in total. The number of anilines is 1. The van der Waals surface area contributed by atoms with E-state index < -0.39 is 0 Å². The van der Waals surface area contributed by atoms with Crippen molar-refractivity contribution in [2.75, 3.05) is 31.1 Å². The van der Waals surface area contributed by atoms with Crippen LogP contribution in [0.1, 0.15) is 0 Å². The van der Waals surface area contributed by atoms with Crippen LogP contribution in [-0.4, -0.2) is 46.3 Å². The number of fused-ring (bicyclic) bond motifs is 1. The zero-order valence-electron chi connectivity index (χ0n) is 11.6. The van der Waals surface area contributed by atoms with Gasteiger partial charge in [-0.15, -0.1) is 0 Å². The monoisotopic (exact) mass is 280 g/mol. The van der Waals surface area contributed by atoms with Crippen LogP contribution < -0.4 is 10.2 Å². The molecule has 3 aromatic rings. The molecule has 1 aliphatic rings. The van der Waals surface area contributed by atoms with E-state index in [1.54, 1.807) is 6.20 Å². The lowest BCUT2D eigenvalue weighted by atomic mass is 10.2. The van der Waals surface area contributed by atoms with Gasteiger partial charge < -0.3 is 10.2 Å². The topological polar surface area (TPSA) is 69.7 Å². The van der Waals surface area contributed by atoms with Crippen molar-refractivity contribution in [1.82, 2.24) is 25.5 Å². The van der Waals surface area contributed by atoms with Gasteiger partial charge in [-0.05, 0) is 24.3 Å². The Hall–Kier alpha value is -2.47. The quantitative estimate of drug-likeness (QED) is 0.743. The Morgan fingerprint density at radius 3 is 2.86 bits per heavy atom. The molecule has 6 nitrogen and oxygen atoms in total. The summed E-state index contributed by atoms with van der Waals surface area (Å²) >= 11 is 0. The van der Waals surface area contributed by atoms with Gasteiger partial charge in [0.2, 0.25) is 0 Å². The van der Waals surface area contributed by atoms with Gasteiger partial charge >= 0.3 is 0 Å². The molecular weight excluding hydrogens is 264 g/mol. The average Bonchev–Trinajstić information content (AvgIpc) is 3.00. The molecule has 1 fully saturated rings. The molecule has 0 aromatic carbocycles. The number of aromatic amines is 1. The number of nitrogens with zero attached hydrogens (tertiary/aromatic N) is 4. The maximum absolute atomic E-state index is 4.79. The highest BCUT2D eigenvalue weighted by Crippen LogP contribution is 2.25. The molecule has 3 aromatic heterocycles. The second kappa shape index (κ2) is 5.14. The van der Waals surface area contributed by atoms with Crippen LogP contribution in [0.3, 0.4) is 0 Å². The summed E-state index contributed by atoms with van der Waals surface area (Å²) in [7, 11) is 0. The van der Waals surface area contributed by atoms with Gasteiger partial charge in [-0.25, -0.2) is 9.97 Å². The first-order valence-corrected chi connectivity index (χ1v) is 7.14. The first kappa shape index (κ1) is 12.3. The van der Waals surface area contributed by atoms with Gasteiger partial charge in [0, 0.05) is 37.8 Å². The Kier molecular flexibility index (Phi) is 3.01. The number of pyridine rings is 2. The normalized spacial score (nSPS) is 15.5. The minimum absolute atomic E-state index is 0.724. The molecule has 0 bridgehead atoms. The van der Waals surface area contributed by atoms with E-state index in [2.05, 4.69) is 31.5 Å². The fourth-order valence-corrected chi connectivity index (χ4v) is 2.68. The largest absolute Gasteiger partial charge is 0.354 e. The van der Waals surface area contributed by atoms with Crippen molar-refractivity contribution in [3.8, 4) is 11.4 Å². The lowest BCUT2D eigenvalue weighted by Crippen LogP contribution is -2.43. The molecule has 1 aliphatic heterocycles. The Labute approximate surface area is 122 Å². The molecule has 0 atom stereocenters. The summed E-state index contributed by atoms with van der Waals surface area (Å²) in [6, 6.07) is 10.0. The average molecular weight is 280 g/mol. The Morgan fingerprint density at radius 1 is 1.05 bits per heavy atom. The molecule has 4 heterocycles. The smallest absolute Gasteiger partial charge is 0.181 e. The minimum atomic E-state index is 0.724. The molecule has 6 heteroatoms. The summed E-state index contributed by atoms with van der Waals surface area (Å²) in [6.07, 6.45) is 1.75. The third kappa shape index (κ3) is 2.23. The van der Waals surface area contributed by atoms with Crippen molar-refractivity contribution < 1.29 is 0 Å². The second-order valence-corrected chi connectivity index (χ2v) is 5.09. The van der Waals surface area contributed by atoms with Gasteiger partial charge in [-0.2, -0.15) is 5.10 Å². The summed E-state index contributed by atoms with van der Waals surface area (Å²) < 4.78 is 0. The van der Waals surface area contributed by atoms with Crippen LogP contribution in [0.25, 0.3) is 22.4 Å². The molecular formula is C15H16N6. The number of piperazine rings is 1. The van der Waals surface area contributed by atoms with Crippen LogP contribution in [0, 0.1) is 0 Å². The predicted molar refractivity (Wildman–Crippen MR) is 82.2 cm³/mol. The number of H-pyrrole nitrogens is 1. The molecule has 0 amide bonds. The number of aromatic nitrogens is 4. The molecule has 106 valence electrons. The number of hydrogen-bond donors (Lipinski definition) is 2. The van der Waals surface area contributed by atoms with Crippen molar-refractivity contribution in [2.45, 2.75) is 0 Å². The molecule has 0 spiro atoms. The van der Waals surface area contributed by atoms with Crippen molar-refractivity contribution in [3.63, 3.8) is 0 Å². The lowest BCUT2D eigenvalue weighted by molar-refractivity contribution is 0.585. The van der Waals surface area contributed by atoms with Crippen LogP contribution in [0.5, 0.6) is 0 Å². The van der Waals surface area contributed by atoms with Gasteiger partial charge in [-0.1, -0.05) is 6.07 Å². The predicted octanol–water partition coefficient (Wildman–Crippen LogP) is 1.43. The fourth-order valence-electron chi connectivity index (χ4n) is 2.68. The fraction of sp³-hybridized carbons (Fsp3) is 0.267. The number of hydrogen-bond acceptors (Lipinski definition) is 5. The van der Waals surface area contributed by atoms with E-state index in [4.69, 9.17) is 4.98 Å². The molecule has 1 saturated heterocycles. The molecule has 21 heavy (non-hydrogen) atoms. The van der Waals surface area contributed by atoms with E-state index in [-0.39, 0.29) is 0 Å². The van der Waals surface area contributed by atoms with Gasteiger partial charge in [-0.3, -0.25) is 5.10 Å². The van der Waals surface area contributed by atoms with E-state index in [1.807, 2.05) is 24.3 Å². The maximum atomic E-state index is 4.79. The van der Waals surface area contributed by atoms with E-state index >= 15 is 0 Å². The van der Waals surface area contributed by atoms with Crippen molar-refractivity contribution in [1.29, 1.82) is 0 Å². The van der Waals surface area contributed by atoms with Gasteiger partial charge in [0.15, 0.2) is 5.65 Å². The van der Waals surface area contributed by atoms with Crippen molar-refractivity contribution in [3.05, 3.63) is 36.5 Å². The maximum Gasteiger partial charge on any atom is 0.181 e. The zero-order valence-corrected chi connectivity index (χ0v) is 11.6. The van der Waals surface area contributed by atoms with Crippen molar-refractivity contribution in [2.24, 2.45) is 0 Å². The van der Waals surface area contributed by atoms with Crippen LogP contribution >= 0.6 is 0 Å². The van der Waals surface area contributed by atoms with E-state index in [9.17, 15) is 0 Å². The Balaban J connectivity index is 1.75. The summed E-state index contributed by atoms with van der Waals surface area (Å²) in [6.45, 7) is 3.98. The minimum Gasteiger partial charge on any atom is -0.354 e. The SMILES string of the molecule is c1cc(-c2[nH]nc3ncccc23)nc(N2CCNCC2)c1. The molecule has 0 unspecified atom stereocenters. The number of rotatable bonds is 2. The molecule has 0 radical (unpaired) electrons. The van der Waals surface area contributed by atoms with Gasteiger partial charge in [0.25, 0.3) is 0 Å². The Morgan fingerprint density at radius 2 is 1.95 bits per heavy atom. The Bertz CT molecular complexity index is 759. The zero-order chi connectivity index (χ0) is 14.1. The summed E-state index contributed by atoms with van der Waals surface area (Å²) in [5, 5.41) is 11.7. The highest BCUT2D eigenvalue weighted by atomic mass is 15.2. The summed E-state index contributed by atoms with van der Waals surface area (Å²) in [5.41, 5.74) is 2.55. The number of nitrogens with one attached hydrogen (secondary N) is 2. The van der Waals surface area contributed by atoms with Crippen LogP contribution in [0.2, 0.25) is 0 Å². The van der Waals surface area contributed by atoms with Crippen molar-refractivity contribution >= 4 is 16.9 Å². The van der Waals surface area contributed by atoms with Gasteiger partial charge in [0.1, 0.15) is 5.82 Å². The lowest BCUT2D eigenvalue weighted by Gasteiger charge is -2.28. The highest BCUT2D eigenvalue weighted by molar-refractivity contribution is 5.89. The second-order valence-electron chi connectivity index (χ2n) is 5.09. The van der Waals surface area contributed by atoms with Gasteiger partial charge in [0.05, 0.1) is 11.4 Å². The molecule has 0 saturated carbocycles. The third-order valence-electron chi connectivity index (χ3n) is 3.76. The molecule has 4 rings (SSSR count). The standard InChI is InChI=1S/C15H16N6/c1-4-12(14-11-3-2-6-17-15(11)20-19-14)18-13(5-1)21-9-7-16-8-10-21/h1-6,16H,7-10H2,(H,17,19,20). The van der Waals surface area contributed by atoms with E-state index in [0.717, 1.165) is 54.4 Å². The van der Waals surface area contributed by atoms with Crippen LogP contribution in [0.15, 0.2) is 36.5 Å². The molecule has 0 aliphatic carbocycles.